The average molecular weight is 553 g/mol. The van der Waals surface area contributed by atoms with E-state index >= 15 is 0 Å². The fraction of sp³-hybridized carbons (Fsp3) is 0.250. The van der Waals surface area contributed by atoms with Crippen molar-refractivity contribution in [2.24, 2.45) is 5.73 Å². The van der Waals surface area contributed by atoms with Crippen LogP contribution in [-0.4, -0.2) is 70.2 Å². The van der Waals surface area contributed by atoms with Crippen molar-refractivity contribution in [3.63, 3.8) is 0 Å². The van der Waals surface area contributed by atoms with E-state index in [0.717, 1.165) is 17.0 Å². The number of aromatic nitrogens is 1. The van der Waals surface area contributed by atoms with Crippen molar-refractivity contribution >= 4 is 29.1 Å². The van der Waals surface area contributed by atoms with Gasteiger partial charge in [-0.15, -0.1) is 24.5 Å². The molecule has 0 unspecified atom stereocenters. The molecule has 3 heterocycles. The van der Waals surface area contributed by atoms with Gasteiger partial charge in [0.05, 0.1) is 5.56 Å². The van der Waals surface area contributed by atoms with Crippen LogP contribution in [0.4, 0.5) is 13.2 Å². The van der Waals surface area contributed by atoms with Crippen LogP contribution in [0.5, 0.6) is 5.75 Å². The number of piperazine rings is 1. The van der Waals surface area contributed by atoms with E-state index in [1.807, 2.05) is 6.07 Å². The summed E-state index contributed by atoms with van der Waals surface area (Å²) in [7, 11) is 0. The Balaban J connectivity index is 0.000000244. The molecule has 1 fully saturated rings. The Morgan fingerprint density at radius 1 is 1.00 bits per heavy atom. The van der Waals surface area contributed by atoms with Crippen LogP contribution in [0, 0.1) is 0 Å². The van der Waals surface area contributed by atoms with Crippen LogP contribution in [0.25, 0.3) is 0 Å². The summed E-state index contributed by atoms with van der Waals surface area (Å²) in [6.07, 6.45) is -3.32. The number of rotatable bonds is 6. The lowest BCUT2D eigenvalue weighted by atomic mass is 10.2. The zero-order valence-electron chi connectivity index (χ0n) is 19.7. The van der Waals surface area contributed by atoms with Crippen LogP contribution >= 0.6 is 11.3 Å². The first-order chi connectivity index (χ1) is 17.9. The lowest BCUT2D eigenvalue weighted by Crippen LogP contribution is -2.49. The molecule has 0 aliphatic carbocycles. The molecule has 14 heteroatoms. The molecular formula is C24H23F3N4O6S. The minimum atomic E-state index is -4.83. The third-order valence-electron chi connectivity index (χ3n) is 5.34. The number of para-hydroxylation sites is 1. The van der Waals surface area contributed by atoms with Crippen molar-refractivity contribution in [3.8, 4) is 5.75 Å². The van der Waals surface area contributed by atoms with E-state index in [4.69, 9.17) is 10.8 Å². The van der Waals surface area contributed by atoms with E-state index < -0.39 is 24.0 Å². The molecule has 1 aliphatic rings. The third-order valence-corrected chi connectivity index (χ3v) is 6.40. The van der Waals surface area contributed by atoms with Crippen LogP contribution in [0.2, 0.25) is 0 Å². The summed E-state index contributed by atoms with van der Waals surface area (Å²) in [4.78, 5) is 53.4. The maximum Gasteiger partial charge on any atom is 0.573 e. The van der Waals surface area contributed by atoms with E-state index in [1.54, 1.807) is 17.0 Å². The number of halogens is 3. The topological polar surface area (TPSA) is 146 Å². The number of pyridine rings is 1. The smallest absolute Gasteiger partial charge is 0.477 e. The molecule has 4 rings (SSSR count). The first-order valence-electron chi connectivity index (χ1n) is 11.1. The Morgan fingerprint density at radius 2 is 1.66 bits per heavy atom. The molecule has 202 valence electrons. The van der Waals surface area contributed by atoms with E-state index in [-0.39, 0.29) is 22.6 Å². The lowest BCUT2D eigenvalue weighted by molar-refractivity contribution is -0.274. The van der Waals surface area contributed by atoms with Crippen molar-refractivity contribution in [1.29, 1.82) is 0 Å². The number of carbonyl (C=O) groups is 3. The van der Waals surface area contributed by atoms with Gasteiger partial charge in [0, 0.05) is 43.8 Å². The fourth-order valence-corrected chi connectivity index (χ4v) is 4.44. The number of ether oxygens (including phenoxy) is 1. The minimum absolute atomic E-state index is 0.162. The number of amides is 2. The van der Waals surface area contributed by atoms with Gasteiger partial charge in [0.25, 0.3) is 17.4 Å². The summed E-state index contributed by atoms with van der Waals surface area (Å²) in [6, 6.07) is 11.5. The molecule has 0 atom stereocenters. The first kappa shape index (κ1) is 28.4. The first-order valence-corrected chi connectivity index (χ1v) is 11.9. The van der Waals surface area contributed by atoms with Gasteiger partial charge < -0.3 is 25.5 Å². The number of carboxylic acids is 1. The normalized spacial score (nSPS) is 13.8. The summed E-state index contributed by atoms with van der Waals surface area (Å²) in [5.41, 5.74) is 4.34. The molecule has 2 aromatic heterocycles. The van der Waals surface area contributed by atoms with Crippen molar-refractivity contribution in [2.75, 3.05) is 26.2 Å². The summed E-state index contributed by atoms with van der Waals surface area (Å²) >= 11 is 1.27. The minimum Gasteiger partial charge on any atom is -0.477 e. The number of aromatic amines is 1. The Kier molecular flexibility index (Phi) is 9.25. The highest BCUT2D eigenvalue weighted by Crippen LogP contribution is 2.25. The summed E-state index contributed by atoms with van der Waals surface area (Å²) in [6.45, 7) is 3.15. The second-order valence-corrected chi connectivity index (χ2v) is 9.13. The number of thiophene rings is 1. The molecule has 0 spiro atoms. The summed E-state index contributed by atoms with van der Waals surface area (Å²) in [5, 5.41) is 8.96. The summed E-state index contributed by atoms with van der Waals surface area (Å²) in [5.74, 6) is -2.71. The number of benzene rings is 1. The van der Waals surface area contributed by atoms with E-state index in [2.05, 4.69) is 14.6 Å². The number of hydrogen-bond acceptors (Lipinski definition) is 7. The second kappa shape index (κ2) is 12.4. The molecule has 0 radical (unpaired) electrons. The molecule has 4 N–H and O–H groups in total. The number of aromatic carboxylic acids is 1. The van der Waals surface area contributed by atoms with Gasteiger partial charge in [0.1, 0.15) is 16.2 Å². The predicted molar refractivity (Wildman–Crippen MR) is 131 cm³/mol. The number of nitrogens with two attached hydrogens (primary N) is 1. The lowest BCUT2D eigenvalue weighted by Gasteiger charge is -2.34. The van der Waals surface area contributed by atoms with Crippen LogP contribution in [0.3, 0.4) is 0 Å². The standard InChI is InChI=1S/C16H17N3O4S.C8H6F3NO2/c20-14-12(2-1-5-17-14)15(21)19-8-6-18(7-9-19)10-11-3-4-13(24-11)16(22)23;9-8(10,11)14-6-4-2-1-3-5(6)7(12)13/h1-5H,6-10H2,(H,17,20)(H,22,23);1-4H,(H2,12,13). The second-order valence-electron chi connectivity index (χ2n) is 7.96. The Bertz CT molecular complexity index is 1350. The van der Waals surface area contributed by atoms with Crippen molar-refractivity contribution in [3.05, 3.63) is 86.0 Å². The maximum absolute atomic E-state index is 12.4. The van der Waals surface area contributed by atoms with Gasteiger partial charge >= 0.3 is 12.3 Å². The number of H-pyrrole nitrogens is 1. The maximum atomic E-state index is 12.4. The molecule has 2 amide bonds. The number of carbonyl (C=O) groups excluding carboxylic acids is 2. The molecule has 0 saturated carbocycles. The molecule has 0 bridgehead atoms. The number of nitrogens with one attached hydrogen (secondary N) is 1. The molecule has 1 aliphatic heterocycles. The molecule has 1 saturated heterocycles. The van der Waals surface area contributed by atoms with E-state index in [0.29, 0.717) is 37.6 Å². The van der Waals surface area contributed by atoms with Crippen molar-refractivity contribution in [1.82, 2.24) is 14.8 Å². The highest BCUT2D eigenvalue weighted by atomic mass is 32.1. The SMILES string of the molecule is NC(=O)c1ccccc1OC(F)(F)F.O=C(O)c1ccc(CN2CCN(C(=O)c3ccc[nH]c3=O)CC2)s1. The van der Waals surface area contributed by atoms with Crippen molar-refractivity contribution in [2.45, 2.75) is 12.9 Å². The molecule has 38 heavy (non-hydrogen) atoms. The number of hydrogen-bond donors (Lipinski definition) is 3. The molecule has 10 nitrogen and oxygen atoms in total. The number of nitrogens with zero attached hydrogens (tertiary/aromatic N) is 2. The monoisotopic (exact) mass is 552 g/mol. The molecule has 1 aromatic carbocycles. The van der Waals surface area contributed by atoms with Crippen LogP contribution in [0.1, 0.15) is 35.3 Å². The Hall–Kier alpha value is -4.17. The van der Waals surface area contributed by atoms with Crippen LogP contribution < -0.4 is 16.0 Å². The van der Waals surface area contributed by atoms with Gasteiger partial charge in [-0.3, -0.25) is 19.3 Å². The zero-order valence-corrected chi connectivity index (χ0v) is 20.6. The average Bonchev–Trinajstić information content (AvgIpc) is 3.33. The van der Waals surface area contributed by atoms with E-state index in [9.17, 15) is 32.3 Å². The van der Waals surface area contributed by atoms with Gasteiger partial charge in [-0.05, 0) is 36.4 Å². The van der Waals surface area contributed by atoms with E-state index in [1.165, 1.54) is 35.7 Å². The number of primary amides is 1. The number of carboxylic acid groups (broad SMARTS) is 1. The van der Waals surface area contributed by atoms with Crippen LogP contribution in [0.15, 0.2) is 59.5 Å². The third kappa shape index (κ3) is 7.91. The zero-order chi connectivity index (χ0) is 27.9. The highest BCUT2D eigenvalue weighted by molar-refractivity contribution is 7.13. The van der Waals surface area contributed by atoms with Gasteiger partial charge in [-0.25, -0.2) is 4.79 Å². The van der Waals surface area contributed by atoms with Gasteiger partial charge in [0.15, 0.2) is 0 Å². The van der Waals surface area contributed by atoms with Crippen molar-refractivity contribution < 1.29 is 37.4 Å². The largest absolute Gasteiger partial charge is 0.573 e. The molecular weight excluding hydrogens is 529 g/mol. The predicted octanol–water partition coefficient (Wildman–Crippen LogP) is 2.78. The number of alkyl halides is 3. The quantitative estimate of drug-likeness (QED) is 0.426. The highest BCUT2D eigenvalue weighted by Gasteiger charge is 2.32. The van der Waals surface area contributed by atoms with Gasteiger partial charge in [-0.1, -0.05) is 12.1 Å². The Morgan fingerprint density at radius 3 is 2.24 bits per heavy atom. The van der Waals surface area contributed by atoms with Gasteiger partial charge in [0.2, 0.25) is 0 Å². The molecule has 3 aromatic rings. The fourth-order valence-electron chi connectivity index (χ4n) is 3.55. The van der Waals surface area contributed by atoms with Gasteiger partial charge in [-0.2, -0.15) is 0 Å². The van der Waals surface area contributed by atoms with Crippen LogP contribution in [-0.2, 0) is 6.54 Å². The summed E-state index contributed by atoms with van der Waals surface area (Å²) < 4.78 is 39.0. The Labute approximate surface area is 218 Å².